The Kier molecular flexibility index (Phi) is 4.85. The van der Waals surface area contributed by atoms with Crippen LogP contribution in [0, 0.1) is 0 Å². The number of rotatable bonds is 6. The zero-order valence-electron chi connectivity index (χ0n) is 12.6. The first-order chi connectivity index (χ1) is 11.7. The maximum Gasteiger partial charge on any atom is 0.387 e. The molecule has 3 aromatic rings. The summed E-state index contributed by atoms with van der Waals surface area (Å²) >= 11 is 1.49. The van der Waals surface area contributed by atoms with Gasteiger partial charge in [-0.05, 0) is 35.9 Å². The molecule has 0 saturated carbocycles. The number of fused-ring (bicyclic) bond motifs is 1. The van der Waals surface area contributed by atoms with Gasteiger partial charge in [0.1, 0.15) is 0 Å². The van der Waals surface area contributed by atoms with E-state index in [1.54, 1.807) is 18.3 Å². The molecule has 0 saturated heterocycles. The molecule has 0 unspecified atom stereocenters. The van der Waals surface area contributed by atoms with E-state index in [0.717, 1.165) is 10.2 Å². The quantitative estimate of drug-likeness (QED) is 0.531. The molecule has 1 aromatic heterocycles. The van der Waals surface area contributed by atoms with Gasteiger partial charge in [0.05, 0.1) is 23.5 Å². The molecular formula is C16H13F2N3O2S. The van der Waals surface area contributed by atoms with Gasteiger partial charge in [-0.25, -0.2) is 4.98 Å². The van der Waals surface area contributed by atoms with E-state index >= 15 is 0 Å². The van der Waals surface area contributed by atoms with Crippen molar-refractivity contribution in [2.75, 3.05) is 12.5 Å². The summed E-state index contributed by atoms with van der Waals surface area (Å²) in [5.74, 6) is 0.183. The standard InChI is InChI=1S/C16H13F2N3O2S/c1-22-13-8-10(6-7-12(13)23-15(17)18)9-19-21-16-20-11-4-2-3-5-14(11)24-16/h2-9,15H,1H3,(H,20,21)/b19-9+. The van der Waals surface area contributed by atoms with Crippen molar-refractivity contribution in [1.82, 2.24) is 4.98 Å². The number of aromatic nitrogens is 1. The van der Waals surface area contributed by atoms with Crippen molar-refractivity contribution in [3.05, 3.63) is 48.0 Å². The highest BCUT2D eigenvalue weighted by Gasteiger charge is 2.10. The Bertz CT molecular complexity index is 834. The second kappa shape index (κ2) is 7.22. The largest absolute Gasteiger partial charge is 0.493 e. The molecule has 8 heteroatoms. The lowest BCUT2D eigenvalue weighted by Gasteiger charge is -2.09. The van der Waals surface area contributed by atoms with Crippen LogP contribution in [-0.4, -0.2) is 24.9 Å². The van der Waals surface area contributed by atoms with E-state index in [1.165, 1.54) is 24.5 Å². The van der Waals surface area contributed by atoms with Gasteiger partial charge in [-0.15, -0.1) is 0 Å². The summed E-state index contributed by atoms with van der Waals surface area (Å²) in [5, 5.41) is 4.77. The van der Waals surface area contributed by atoms with Gasteiger partial charge in [0.15, 0.2) is 11.5 Å². The van der Waals surface area contributed by atoms with Crippen LogP contribution in [0.2, 0.25) is 0 Å². The number of methoxy groups -OCH3 is 1. The first-order valence-corrected chi connectivity index (χ1v) is 7.75. The van der Waals surface area contributed by atoms with E-state index in [4.69, 9.17) is 4.74 Å². The van der Waals surface area contributed by atoms with E-state index in [-0.39, 0.29) is 11.5 Å². The Labute approximate surface area is 140 Å². The Balaban J connectivity index is 1.71. The van der Waals surface area contributed by atoms with Gasteiger partial charge in [0, 0.05) is 0 Å². The molecule has 0 bridgehead atoms. The van der Waals surface area contributed by atoms with Crippen LogP contribution in [-0.2, 0) is 0 Å². The molecular weight excluding hydrogens is 336 g/mol. The number of hydrazone groups is 1. The number of para-hydroxylation sites is 1. The minimum absolute atomic E-state index is 0.0243. The molecule has 0 amide bonds. The maximum absolute atomic E-state index is 12.3. The fraction of sp³-hybridized carbons (Fsp3) is 0.125. The highest BCUT2D eigenvalue weighted by Crippen LogP contribution is 2.29. The van der Waals surface area contributed by atoms with E-state index < -0.39 is 6.61 Å². The van der Waals surface area contributed by atoms with Gasteiger partial charge >= 0.3 is 6.61 Å². The average molecular weight is 349 g/mol. The predicted molar refractivity (Wildman–Crippen MR) is 90.5 cm³/mol. The van der Waals surface area contributed by atoms with E-state index in [0.29, 0.717) is 10.7 Å². The SMILES string of the molecule is COc1cc(/C=N/Nc2nc3ccccc3s2)ccc1OC(F)F. The summed E-state index contributed by atoms with van der Waals surface area (Å²) in [7, 11) is 1.38. The van der Waals surface area contributed by atoms with Crippen molar-refractivity contribution in [2.24, 2.45) is 5.10 Å². The maximum atomic E-state index is 12.3. The van der Waals surface area contributed by atoms with E-state index in [1.807, 2.05) is 24.3 Å². The number of alkyl halides is 2. The van der Waals surface area contributed by atoms with Crippen molar-refractivity contribution in [1.29, 1.82) is 0 Å². The number of thiazole rings is 1. The Morgan fingerprint density at radius 2 is 2.04 bits per heavy atom. The number of benzene rings is 2. The first-order valence-electron chi connectivity index (χ1n) is 6.93. The summed E-state index contributed by atoms with van der Waals surface area (Å²) in [6.07, 6.45) is 1.54. The Morgan fingerprint density at radius 1 is 1.21 bits per heavy atom. The molecule has 2 aromatic carbocycles. The smallest absolute Gasteiger partial charge is 0.387 e. The highest BCUT2D eigenvalue weighted by molar-refractivity contribution is 7.22. The molecule has 0 aliphatic heterocycles. The molecule has 1 heterocycles. The third kappa shape index (κ3) is 3.77. The van der Waals surface area contributed by atoms with Crippen LogP contribution in [0.15, 0.2) is 47.6 Å². The molecule has 0 aliphatic rings. The van der Waals surface area contributed by atoms with Crippen LogP contribution in [0.3, 0.4) is 0 Å². The first kappa shape index (κ1) is 16.1. The van der Waals surface area contributed by atoms with Gasteiger partial charge in [-0.2, -0.15) is 13.9 Å². The second-order valence-corrected chi connectivity index (χ2v) is 5.68. The number of nitrogens with zero attached hydrogens (tertiary/aromatic N) is 2. The van der Waals surface area contributed by atoms with Gasteiger partial charge in [0.2, 0.25) is 5.13 Å². The van der Waals surface area contributed by atoms with Crippen LogP contribution < -0.4 is 14.9 Å². The van der Waals surface area contributed by atoms with Crippen LogP contribution in [0.5, 0.6) is 11.5 Å². The van der Waals surface area contributed by atoms with Gasteiger partial charge in [-0.3, -0.25) is 5.43 Å². The summed E-state index contributed by atoms with van der Waals surface area (Å²) in [6, 6.07) is 12.3. The van der Waals surface area contributed by atoms with E-state index in [9.17, 15) is 8.78 Å². The lowest BCUT2D eigenvalue weighted by molar-refractivity contribution is -0.0512. The summed E-state index contributed by atoms with van der Waals surface area (Å²) in [6.45, 7) is -2.90. The molecule has 0 aliphatic carbocycles. The predicted octanol–water partition coefficient (Wildman–Crippen LogP) is 4.35. The Hall–Kier alpha value is -2.74. The number of nitrogens with one attached hydrogen (secondary N) is 1. The molecule has 124 valence electrons. The van der Waals surface area contributed by atoms with Crippen LogP contribution in [0.25, 0.3) is 10.2 Å². The number of hydrogen-bond donors (Lipinski definition) is 1. The van der Waals surface area contributed by atoms with Crippen molar-refractivity contribution < 1.29 is 18.3 Å². The molecule has 0 atom stereocenters. The zero-order valence-corrected chi connectivity index (χ0v) is 13.4. The number of anilines is 1. The molecule has 0 spiro atoms. The summed E-state index contributed by atoms with van der Waals surface area (Å²) in [4.78, 5) is 4.39. The summed E-state index contributed by atoms with van der Waals surface area (Å²) < 4.78 is 35.1. The topological polar surface area (TPSA) is 55.7 Å². The third-order valence-electron chi connectivity index (χ3n) is 3.07. The summed E-state index contributed by atoms with van der Waals surface area (Å²) in [5.41, 5.74) is 4.42. The van der Waals surface area contributed by atoms with Gasteiger partial charge in [-0.1, -0.05) is 23.5 Å². The van der Waals surface area contributed by atoms with E-state index in [2.05, 4.69) is 20.2 Å². The van der Waals surface area contributed by atoms with Crippen molar-refractivity contribution in [3.8, 4) is 11.5 Å². The molecule has 1 N–H and O–H groups in total. The number of hydrogen-bond acceptors (Lipinski definition) is 6. The lowest BCUT2D eigenvalue weighted by Crippen LogP contribution is -2.03. The fourth-order valence-electron chi connectivity index (χ4n) is 2.04. The van der Waals surface area contributed by atoms with Gasteiger partial charge < -0.3 is 9.47 Å². The van der Waals surface area contributed by atoms with Crippen molar-refractivity contribution in [3.63, 3.8) is 0 Å². The normalized spacial score (nSPS) is 11.3. The van der Waals surface area contributed by atoms with Crippen molar-refractivity contribution >= 4 is 32.9 Å². The monoisotopic (exact) mass is 349 g/mol. The average Bonchev–Trinajstić information content (AvgIpc) is 2.98. The van der Waals surface area contributed by atoms with Crippen molar-refractivity contribution in [2.45, 2.75) is 6.61 Å². The number of ether oxygens (including phenoxy) is 2. The minimum atomic E-state index is -2.90. The Morgan fingerprint density at radius 3 is 2.79 bits per heavy atom. The fourth-order valence-corrected chi connectivity index (χ4v) is 2.86. The molecule has 0 radical (unpaired) electrons. The lowest BCUT2D eigenvalue weighted by atomic mass is 10.2. The third-order valence-corrected chi connectivity index (χ3v) is 4.01. The van der Waals surface area contributed by atoms with Crippen LogP contribution >= 0.6 is 11.3 Å². The molecule has 5 nitrogen and oxygen atoms in total. The minimum Gasteiger partial charge on any atom is -0.493 e. The number of halogens is 2. The zero-order chi connectivity index (χ0) is 16.9. The van der Waals surface area contributed by atoms with Gasteiger partial charge in [0.25, 0.3) is 0 Å². The molecule has 0 fully saturated rings. The molecule has 24 heavy (non-hydrogen) atoms. The van der Waals surface area contributed by atoms with Crippen LogP contribution in [0.4, 0.5) is 13.9 Å². The second-order valence-electron chi connectivity index (χ2n) is 4.65. The highest BCUT2D eigenvalue weighted by atomic mass is 32.1. The van der Waals surface area contributed by atoms with Crippen LogP contribution in [0.1, 0.15) is 5.56 Å². The molecule has 3 rings (SSSR count).